The average Bonchev–Trinajstić information content (AvgIpc) is 3.21. The fourth-order valence-corrected chi connectivity index (χ4v) is 8.61. The Kier molecular flexibility index (Phi) is 10.9. The number of carbonyl (C=O) groups excluding carboxylic acids is 2. The lowest BCUT2D eigenvalue weighted by Gasteiger charge is -2.26. The van der Waals surface area contributed by atoms with Gasteiger partial charge >= 0.3 is 16.2 Å². The van der Waals surface area contributed by atoms with Crippen LogP contribution < -0.4 is 13.8 Å². The Labute approximate surface area is 279 Å². The topological polar surface area (TPSA) is 139 Å². The SMILES string of the molecule is CC(C)(C)OC(=O)C(Cc1ccc(N2CC(=O)N(CC[Si](C)(C)C)S2(=O)=O)c(OCc2ccccc2)c1)NS(=O)(=O)c1ccccc1. The minimum Gasteiger partial charge on any atom is -0.487 e. The highest BCUT2D eigenvalue weighted by Crippen LogP contribution is 2.36. The number of rotatable bonds is 13. The van der Waals surface area contributed by atoms with Crippen molar-refractivity contribution in [2.24, 2.45) is 0 Å². The van der Waals surface area contributed by atoms with Crippen LogP contribution in [-0.4, -0.2) is 65.8 Å². The zero-order chi connectivity index (χ0) is 34.6. The van der Waals surface area contributed by atoms with Crippen molar-refractivity contribution in [1.82, 2.24) is 9.03 Å². The van der Waals surface area contributed by atoms with Crippen LogP contribution in [0.2, 0.25) is 25.7 Å². The normalized spacial score (nSPS) is 15.8. The van der Waals surface area contributed by atoms with Crippen molar-refractivity contribution in [3.05, 3.63) is 90.0 Å². The third-order valence-corrected chi connectivity index (χ3v) is 12.2. The van der Waals surface area contributed by atoms with Crippen molar-refractivity contribution in [1.29, 1.82) is 0 Å². The average molecular weight is 702 g/mol. The second kappa shape index (κ2) is 14.2. The Balaban J connectivity index is 1.70. The van der Waals surface area contributed by atoms with Crippen LogP contribution in [0.15, 0.2) is 83.8 Å². The molecule has 1 saturated heterocycles. The Morgan fingerprint density at radius 3 is 2.17 bits per heavy atom. The van der Waals surface area contributed by atoms with Gasteiger partial charge in [0, 0.05) is 14.6 Å². The summed E-state index contributed by atoms with van der Waals surface area (Å²) >= 11 is 0. The van der Waals surface area contributed by atoms with E-state index in [1.54, 1.807) is 51.1 Å². The van der Waals surface area contributed by atoms with Crippen molar-refractivity contribution < 1.29 is 35.9 Å². The first kappa shape index (κ1) is 36.1. The van der Waals surface area contributed by atoms with Gasteiger partial charge in [0.2, 0.25) is 10.0 Å². The van der Waals surface area contributed by atoms with E-state index in [1.165, 1.54) is 18.2 Å². The number of esters is 1. The number of anilines is 1. The van der Waals surface area contributed by atoms with E-state index in [0.717, 1.165) is 14.2 Å². The predicted molar refractivity (Wildman–Crippen MR) is 183 cm³/mol. The molecule has 1 N–H and O–H groups in total. The van der Waals surface area contributed by atoms with Crippen LogP contribution in [0.4, 0.5) is 5.69 Å². The van der Waals surface area contributed by atoms with Crippen LogP contribution in [0.1, 0.15) is 31.9 Å². The van der Waals surface area contributed by atoms with Crippen molar-refractivity contribution in [3.8, 4) is 5.75 Å². The first-order chi connectivity index (χ1) is 21.9. The molecule has 254 valence electrons. The Bertz CT molecular complexity index is 1790. The summed E-state index contributed by atoms with van der Waals surface area (Å²) < 4.78 is 70.0. The summed E-state index contributed by atoms with van der Waals surface area (Å²) in [5.41, 5.74) is 0.566. The van der Waals surface area contributed by atoms with Gasteiger partial charge in [-0.25, -0.2) is 17.0 Å². The number of sulfonamides is 1. The zero-order valence-corrected chi connectivity index (χ0v) is 30.2. The monoisotopic (exact) mass is 701 g/mol. The number of hydrogen-bond acceptors (Lipinski definition) is 8. The molecule has 0 saturated carbocycles. The van der Waals surface area contributed by atoms with Gasteiger partial charge in [-0.15, -0.1) is 0 Å². The first-order valence-corrected chi connectivity index (χ1v) is 21.9. The van der Waals surface area contributed by atoms with Crippen LogP contribution in [-0.2, 0) is 47.6 Å². The van der Waals surface area contributed by atoms with E-state index >= 15 is 0 Å². The number of nitrogens with zero attached hydrogens (tertiary/aromatic N) is 2. The molecule has 1 aliphatic heterocycles. The minimum atomic E-state index is -4.19. The molecular formula is C33H43N3O8S2Si. The zero-order valence-electron chi connectivity index (χ0n) is 27.6. The fraction of sp³-hybridized carbons (Fsp3) is 0.394. The van der Waals surface area contributed by atoms with E-state index < -0.39 is 51.8 Å². The molecule has 0 spiro atoms. The highest BCUT2D eigenvalue weighted by molar-refractivity contribution is 7.91. The number of carbonyl (C=O) groups is 2. The molecule has 1 fully saturated rings. The molecule has 1 aliphatic rings. The van der Waals surface area contributed by atoms with Crippen molar-refractivity contribution >= 4 is 45.9 Å². The van der Waals surface area contributed by atoms with Gasteiger partial charge < -0.3 is 9.47 Å². The van der Waals surface area contributed by atoms with Gasteiger partial charge in [-0.05, 0) is 68.6 Å². The van der Waals surface area contributed by atoms with Crippen molar-refractivity contribution in [2.75, 3.05) is 17.4 Å². The molecule has 1 heterocycles. The molecule has 11 nitrogen and oxygen atoms in total. The van der Waals surface area contributed by atoms with Crippen LogP contribution in [0.25, 0.3) is 0 Å². The summed E-state index contributed by atoms with van der Waals surface area (Å²) in [5.74, 6) is -1.15. The Morgan fingerprint density at radius 1 is 0.957 bits per heavy atom. The quantitative estimate of drug-likeness (QED) is 0.200. The molecule has 4 rings (SSSR count). The number of ether oxygens (including phenoxy) is 2. The molecule has 3 aromatic rings. The van der Waals surface area contributed by atoms with Gasteiger partial charge in [-0.2, -0.15) is 13.1 Å². The van der Waals surface area contributed by atoms with Gasteiger partial charge in [0.15, 0.2) is 0 Å². The van der Waals surface area contributed by atoms with Gasteiger partial charge in [-0.3, -0.25) is 9.59 Å². The molecule has 0 bridgehead atoms. The molecule has 14 heteroatoms. The van der Waals surface area contributed by atoms with Crippen LogP contribution >= 0.6 is 0 Å². The predicted octanol–water partition coefficient (Wildman–Crippen LogP) is 4.73. The van der Waals surface area contributed by atoms with Crippen molar-refractivity contribution in [2.45, 2.75) is 76.0 Å². The third-order valence-electron chi connectivity index (χ3n) is 7.19. The highest BCUT2D eigenvalue weighted by atomic mass is 32.2. The maximum Gasteiger partial charge on any atom is 0.329 e. The Morgan fingerprint density at radius 2 is 1.57 bits per heavy atom. The second-order valence-corrected chi connectivity index (χ2v) is 22.7. The summed E-state index contributed by atoms with van der Waals surface area (Å²) in [6.45, 7) is 11.2. The molecule has 1 amide bonds. The smallest absolute Gasteiger partial charge is 0.329 e. The molecule has 0 aliphatic carbocycles. The maximum absolute atomic E-state index is 13.7. The lowest BCUT2D eigenvalue weighted by Crippen LogP contribution is -2.45. The van der Waals surface area contributed by atoms with Gasteiger partial charge in [0.25, 0.3) is 5.91 Å². The molecule has 1 unspecified atom stereocenters. The molecule has 1 atom stereocenters. The summed E-state index contributed by atoms with van der Waals surface area (Å²) in [4.78, 5) is 26.3. The number of hydrogen-bond donors (Lipinski definition) is 1. The van der Waals surface area contributed by atoms with Gasteiger partial charge in [0.05, 0.1) is 10.6 Å². The van der Waals surface area contributed by atoms with E-state index in [9.17, 15) is 26.4 Å². The molecule has 3 aromatic carbocycles. The van der Waals surface area contributed by atoms with Crippen LogP contribution in [0.3, 0.4) is 0 Å². The van der Waals surface area contributed by atoms with Gasteiger partial charge in [0.1, 0.15) is 30.5 Å². The number of nitrogens with one attached hydrogen (secondary N) is 1. The van der Waals surface area contributed by atoms with E-state index in [1.807, 2.05) is 30.3 Å². The van der Waals surface area contributed by atoms with E-state index in [0.29, 0.717) is 11.6 Å². The van der Waals surface area contributed by atoms with E-state index in [-0.39, 0.29) is 42.4 Å². The standard InChI is InChI=1S/C33H43N3O8S2Si/c1-33(2,3)44-32(38)28(34-45(39,40)27-15-11-8-12-16-27)21-26-17-18-29(30(22-26)43-24-25-13-9-7-10-14-25)36-23-31(37)35(46(36,41)42)19-20-47(4,5)6/h7-18,22,28,34H,19-21,23-24H2,1-6H3. The second-order valence-electron chi connectivity index (χ2n) is 13.6. The maximum atomic E-state index is 13.7. The Hall–Kier alpha value is -3.72. The lowest BCUT2D eigenvalue weighted by molar-refractivity contribution is -0.156. The first-order valence-electron chi connectivity index (χ1n) is 15.3. The van der Waals surface area contributed by atoms with Crippen LogP contribution in [0, 0.1) is 0 Å². The number of amides is 1. The summed E-state index contributed by atoms with van der Waals surface area (Å²) in [6.07, 6.45) is -0.128. The molecule has 0 aromatic heterocycles. The van der Waals surface area contributed by atoms with Gasteiger partial charge in [-0.1, -0.05) is 74.2 Å². The fourth-order valence-electron chi connectivity index (χ4n) is 4.80. The van der Waals surface area contributed by atoms with E-state index in [4.69, 9.17) is 9.47 Å². The summed E-state index contributed by atoms with van der Waals surface area (Å²) in [5, 5.41) is 0. The molecule has 0 radical (unpaired) electrons. The van der Waals surface area contributed by atoms with Crippen molar-refractivity contribution in [3.63, 3.8) is 0 Å². The third kappa shape index (κ3) is 9.66. The minimum absolute atomic E-state index is 0.0154. The lowest BCUT2D eigenvalue weighted by atomic mass is 10.0. The molecular weight excluding hydrogens is 659 g/mol. The molecule has 47 heavy (non-hydrogen) atoms. The number of benzene rings is 3. The highest BCUT2D eigenvalue weighted by Gasteiger charge is 2.44. The summed E-state index contributed by atoms with van der Waals surface area (Å²) in [6, 6.07) is 20.9. The van der Waals surface area contributed by atoms with Crippen LogP contribution in [0.5, 0.6) is 5.75 Å². The van der Waals surface area contributed by atoms with E-state index in [2.05, 4.69) is 24.4 Å². The largest absolute Gasteiger partial charge is 0.487 e. The summed E-state index contributed by atoms with van der Waals surface area (Å²) in [7, 11) is -9.95.